The van der Waals surface area contributed by atoms with Crippen molar-refractivity contribution >= 4 is 34.6 Å². The summed E-state index contributed by atoms with van der Waals surface area (Å²) in [5.41, 5.74) is 0.803. The first-order valence-electron chi connectivity index (χ1n) is 7.92. The van der Waals surface area contributed by atoms with Crippen LogP contribution in [0.2, 0.25) is 5.02 Å². The predicted octanol–water partition coefficient (Wildman–Crippen LogP) is 4.63. The minimum Gasteiger partial charge on any atom is -0.351 e. The van der Waals surface area contributed by atoms with Gasteiger partial charge in [0.25, 0.3) is 0 Å². The molecule has 26 heavy (non-hydrogen) atoms. The van der Waals surface area contributed by atoms with Gasteiger partial charge in [0.05, 0.1) is 17.8 Å². The molecule has 2 aromatic carbocycles. The normalized spacial score (nSPS) is 10.5. The standard InChI is InChI=1S/C20H15ClFNO2S/c21-16-7-4-8-17(22)15(16)11-19(24)23-12-14-9-10-18(26-14)20(25)13-5-2-1-3-6-13/h1-10H,11-12H2,(H,23,24). The Bertz CT molecular complexity index is 920. The van der Waals surface area contributed by atoms with E-state index in [1.807, 2.05) is 18.2 Å². The molecule has 0 spiro atoms. The van der Waals surface area contributed by atoms with E-state index in [0.717, 1.165) is 4.88 Å². The highest BCUT2D eigenvalue weighted by molar-refractivity contribution is 7.14. The van der Waals surface area contributed by atoms with Crippen LogP contribution in [0.5, 0.6) is 0 Å². The average Bonchev–Trinajstić information content (AvgIpc) is 3.12. The van der Waals surface area contributed by atoms with Gasteiger partial charge in [0, 0.05) is 21.0 Å². The largest absolute Gasteiger partial charge is 0.351 e. The zero-order valence-corrected chi connectivity index (χ0v) is 15.2. The highest BCUT2D eigenvalue weighted by Crippen LogP contribution is 2.21. The molecular formula is C20H15ClFNO2S. The fourth-order valence-electron chi connectivity index (χ4n) is 2.44. The van der Waals surface area contributed by atoms with Crippen molar-refractivity contribution in [1.29, 1.82) is 0 Å². The zero-order chi connectivity index (χ0) is 18.5. The van der Waals surface area contributed by atoms with Gasteiger partial charge in [-0.3, -0.25) is 9.59 Å². The maximum Gasteiger partial charge on any atom is 0.224 e. The first kappa shape index (κ1) is 18.3. The molecule has 3 nitrogen and oxygen atoms in total. The molecule has 0 aliphatic heterocycles. The van der Waals surface area contributed by atoms with E-state index in [9.17, 15) is 14.0 Å². The van der Waals surface area contributed by atoms with Crippen molar-refractivity contribution in [1.82, 2.24) is 5.32 Å². The van der Waals surface area contributed by atoms with E-state index in [-0.39, 0.29) is 35.2 Å². The van der Waals surface area contributed by atoms with Crippen LogP contribution in [0.15, 0.2) is 60.7 Å². The number of benzene rings is 2. The molecule has 0 bridgehead atoms. The Morgan fingerprint density at radius 2 is 1.77 bits per heavy atom. The Morgan fingerprint density at radius 3 is 2.50 bits per heavy atom. The van der Waals surface area contributed by atoms with Gasteiger partial charge in [-0.2, -0.15) is 0 Å². The van der Waals surface area contributed by atoms with Crippen molar-refractivity contribution in [2.24, 2.45) is 0 Å². The SMILES string of the molecule is O=C(Cc1c(F)cccc1Cl)NCc1ccc(C(=O)c2ccccc2)s1. The monoisotopic (exact) mass is 387 g/mol. The number of hydrogen-bond donors (Lipinski definition) is 1. The van der Waals surface area contributed by atoms with E-state index < -0.39 is 5.82 Å². The molecule has 0 aliphatic carbocycles. The molecule has 0 unspecified atom stereocenters. The lowest BCUT2D eigenvalue weighted by Gasteiger charge is -2.06. The third kappa shape index (κ3) is 4.36. The number of ketones is 1. The number of amides is 1. The van der Waals surface area contributed by atoms with Crippen LogP contribution in [0, 0.1) is 5.82 Å². The van der Waals surface area contributed by atoms with Gasteiger partial charge < -0.3 is 5.32 Å². The number of carbonyl (C=O) groups is 2. The van der Waals surface area contributed by atoms with Crippen molar-refractivity contribution < 1.29 is 14.0 Å². The summed E-state index contributed by atoms with van der Waals surface area (Å²) in [5.74, 6) is -0.882. The number of rotatable bonds is 6. The van der Waals surface area contributed by atoms with E-state index in [0.29, 0.717) is 10.4 Å². The van der Waals surface area contributed by atoms with Crippen LogP contribution in [0.3, 0.4) is 0 Å². The highest BCUT2D eigenvalue weighted by atomic mass is 35.5. The first-order valence-corrected chi connectivity index (χ1v) is 9.12. The second-order valence-electron chi connectivity index (χ2n) is 5.61. The third-order valence-corrected chi connectivity index (χ3v) is 5.22. The van der Waals surface area contributed by atoms with E-state index in [2.05, 4.69) is 5.32 Å². The van der Waals surface area contributed by atoms with Gasteiger partial charge in [0.1, 0.15) is 5.82 Å². The maximum atomic E-state index is 13.7. The molecule has 1 amide bonds. The number of halogens is 2. The van der Waals surface area contributed by atoms with Gasteiger partial charge in [0.15, 0.2) is 0 Å². The van der Waals surface area contributed by atoms with Crippen LogP contribution in [-0.4, -0.2) is 11.7 Å². The van der Waals surface area contributed by atoms with Gasteiger partial charge in [-0.05, 0) is 24.3 Å². The van der Waals surface area contributed by atoms with E-state index in [1.54, 1.807) is 30.3 Å². The summed E-state index contributed by atoms with van der Waals surface area (Å²) in [6.45, 7) is 0.275. The van der Waals surface area contributed by atoms with Crippen molar-refractivity contribution in [2.45, 2.75) is 13.0 Å². The van der Waals surface area contributed by atoms with Gasteiger partial charge in [-0.1, -0.05) is 48.0 Å². The fourth-order valence-corrected chi connectivity index (χ4v) is 3.58. The third-order valence-electron chi connectivity index (χ3n) is 3.78. The predicted molar refractivity (Wildman–Crippen MR) is 101 cm³/mol. The number of thiophene rings is 1. The highest BCUT2D eigenvalue weighted by Gasteiger charge is 2.14. The molecule has 0 radical (unpaired) electrons. The van der Waals surface area contributed by atoms with Crippen molar-refractivity contribution in [3.8, 4) is 0 Å². The molecule has 0 saturated carbocycles. The molecule has 0 aliphatic rings. The van der Waals surface area contributed by atoms with Gasteiger partial charge in [-0.25, -0.2) is 4.39 Å². The number of hydrogen-bond acceptors (Lipinski definition) is 3. The number of carbonyl (C=O) groups excluding carboxylic acids is 2. The summed E-state index contributed by atoms with van der Waals surface area (Å²) >= 11 is 7.26. The van der Waals surface area contributed by atoms with Crippen LogP contribution in [0.4, 0.5) is 4.39 Å². The molecule has 0 fully saturated rings. The second-order valence-corrected chi connectivity index (χ2v) is 7.19. The van der Waals surface area contributed by atoms with E-state index in [1.165, 1.54) is 23.5 Å². The summed E-state index contributed by atoms with van der Waals surface area (Å²) in [6.07, 6.45) is -0.132. The maximum absolute atomic E-state index is 13.7. The molecule has 1 N–H and O–H groups in total. The molecule has 132 valence electrons. The molecule has 6 heteroatoms. The van der Waals surface area contributed by atoms with Gasteiger partial charge >= 0.3 is 0 Å². The Balaban J connectivity index is 1.60. The molecular weight excluding hydrogens is 373 g/mol. The van der Waals surface area contributed by atoms with Crippen LogP contribution in [-0.2, 0) is 17.8 Å². The first-order chi connectivity index (χ1) is 12.5. The Labute approximate surface area is 159 Å². The summed E-state index contributed by atoms with van der Waals surface area (Å²) < 4.78 is 13.7. The molecule has 1 aromatic heterocycles. The lowest BCUT2D eigenvalue weighted by atomic mass is 10.1. The summed E-state index contributed by atoms with van der Waals surface area (Å²) in [5, 5.41) is 2.96. The molecule has 3 aromatic rings. The lowest BCUT2D eigenvalue weighted by molar-refractivity contribution is -0.120. The van der Waals surface area contributed by atoms with Crippen LogP contribution in [0.25, 0.3) is 0 Å². The van der Waals surface area contributed by atoms with Gasteiger partial charge in [0.2, 0.25) is 11.7 Å². The van der Waals surface area contributed by atoms with Crippen molar-refractivity contribution in [3.63, 3.8) is 0 Å². The van der Waals surface area contributed by atoms with Crippen molar-refractivity contribution in [3.05, 3.63) is 92.4 Å². The Hall–Kier alpha value is -2.50. The van der Waals surface area contributed by atoms with Gasteiger partial charge in [-0.15, -0.1) is 11.3 Å². The van der Waals surface area contributed by atoms with E-state index in [4.69, 9.17) is 11.6 Å². The quantitative estimate of drug-likeness (QED) is 0.627. The summed E-state index contributed by atoms with van der Waals surface area (Å²) in [7, 11) is 0. The van der Waals surface area contributed by atoms with Crippen LogP contribution in [0.1, 0.15) is 25.7 Å². The smallest absolute Gasteiger partial charge is 0.224 e. The topological polar surface area (TPSA) is 46.2 Å². The average molecular weight is 388 g/mol. The molecule has 0 saturated heterocycles. The molecule has 3 rings (SSSR count). The van der Waals surface area contributed by atoms with Crippen molar-refractivity contribution in [2.75, 3.05) is 0 Å². The Kier molecular flexibility index (Phi) is 5.81. The summed E-state index contributed by atoms with van der Waals surface area (Å²) in [4.78, 5) is 25.9. The minimum atomic E-state index is -0.500. The second kappa shape index (κ2) is 8.25. The van der Waals surface area contributed by atoms with Crippen LogP contribution < -0.4 is 5.32 Å². The number of nitrogens with one attached hydrogen (secondary N) is 1. The van der Waals surface area contributed by atoms with E-state index >= 15 is 0 Å². The zero-order valence-electron chi connectivity index (χ0n) is 13.7. The Morgan fingerprint density at radius 1 is 1.00 bits per heavy atom. The minimum absolute atomic E-state index is 0.0497. The fraction of sp³-hybridized carbons (Fsp3) is 0.100. The van der Waals surface area contributed by atoms with Crippen LogP contribution >= 0.6 is 22.9 Å². The summed E-state index contributed by atoms with van der Waals surface area (Å²) in [6, 6.07) is 16.9. The molecule has 1 heterocycles. The lowest BCUT2D eigenvalue weighted by Crippen LogP contribution is -2.24. The molecule has 0 atom stereocenters.